The molecule has 3 N–H and O–H groups in total. The lowest BCUT2D eigenvalue weighted by Gasteiger charge is -2.41. The highest BCUT2D eigenvalue weighted by molar-refractivity contribution is 6.07. The summed E-state index contributed by atoms with van der Waals surface area (Å²) in [6.45, 7) is 5.73. The fourth-order valence-electron chi connectivity index (χ4n) is 4.48. The molecule has 2 fully saturated rings. The van der Waals surface area contributed by atoms with Crippen LogP contribution in [0.1, 0.15) is 43.4 Å². The van der Waals surface area contributed by atoms with Crippen molar-refractivity contribution in [1.29, 1.82) is 0 Å². The molecule has 2 heterocycles. The monoisotopic (exact) mass is 420 g/mol. The SMILES string of the molecule is CC1(c2ccccc2)CCCN(C(=O)NCc2ccc(C3(C)NC(=O)NC3=O)cc2)C1. The highest BCUT2D eigenvalue weighted by Crippen LogP contribution is 2.33. The van der Waals surface area contributed by atoms with E-state index in [2.05, 4.69) is 35.0 Å². The Labute approximate surface area is 182 Å². The number of imide groups is 1. The van der Waals surface area contributed by atoms with Crippen molar-refractivity contribution in [2.75, 3.05) is 13.1 Å². The Hall–Kier alpha value is -3.35. The van der Waals surface area contributed by atoms with Gasteiger partial charge in [-0.05, 0) is 36.5 Å². The summed E-state index contributed by atoms with van der Waals surface area (Å²) in [6.07, 6.45) is 2.03. The van der Waals surface area contributed by atoms with Crippen LogP contribution in [0.15, 0.2) is 54.6 Å². The van der Waals surface area contributed by atoms with E-state index in [1.54, 1.807) is 19.1 Å². The fraction of sp³-hybridized carbons (Fsp3) is 0.375. The van der Waals surface area contributed by atoms with Gasteiger partial charge in [-0.2, -0.15) is 0 Å². The lowest BCUT2D eigenvalue weighted by atomic mass is 9.76. The van der Waals surface area contributed by atoms with Crippen LogP contribution in [0.2, 0.25) is 0 Å². The normalized spacial score (nSPS) is 25.7. The fourth-order valence-corrected chi connectivity index (χ4v) is 4.48. The van der Waals surface area contributed by atoms with Crippen molar-refractivity contribution in [3.05, 3.63) is 71.3 Å². The predicted octanol–water partition coefficient (Wildman–Crippen LogP) is 3.00. The van der Waals surface area contributed by atoms with Crippen LogP contribution in [0.5, 0.6) is 0 Å². The summed E-state index contributed by atoms with van der Waals surface area (Å²) in [5.74, 6) is -0.370. The number of carbonyl (C=O) groups is 3. The third-order valence-electron chi connectivity index (χ3n) is 6.47. The molecule has 0 radical (unpaired) electrons. The van der Waals surface area contributed by atoms with Crippen LogP contribution in [-0.2, 0) is 22.3 Å². The maximum atomic E-state index is 12.8. The molecule has 2 unspecified atom stereocenters. The second-order valence-electron chi connectivity index (χ2n) is 8.84. The molecule has 31 heavy (non-hydrogen) atoms. The summed E-state index contributed by atoms with van der Waals surface area (Å²) >= 11 is 0. The van der Waals surface area contributed by atoms with Crippen LogP contribution in [0.25, 0.3) is 0 Å². The lowest BCUT2D eigenvalue weighted by molar-refractivity contribution is -0.123. The Kier molecular flexibility index (Phi) is 5.43. The van der Waals surface area contributed by atoms with E-state index < -0.39 is 11.6 Å². The number of likely N-dealkylation sites (tertiary alicyclic amines) is 1. The van der Waals surface area contributed by atoms with E-state index in [4.69, 9.17) is 0 Å². The molecule has 2 aliphatic heterocycles. The van der Waals surface area contributed by atoms with Gasteiger partial charge >= 0.3 is 12.1 Å². The van der Waals surface area contributed by atoms with E-state index in [1.165, 1.54) is 5.56 Å². The zero-order valence-electron chi connectivity index (χ0n) is 17.9. The molecule has 162 valence electrons. The van der Waals surface area contributed by atoms with E-state index in [9.17, 15) is 14.4 Å². The zero-order valence-corrected chi connectivity index (χ0v) is 17.9. The Morgan fingerprint density at radius 3 is 2.39 bits per heavy atom. The van der Waals surface area contributed by atoms with Crippen molar-refractivity contribution < 1.29 is 14.4 Å². The standard InChI is InChI=1S/C24H28N4O3/c1-23(18-7-4-3-5-8-18)13-6-14-28(16-23)22(31)25-15-17-9-11-19(12-10-17)24(2)20(29)26-21(30)27-24/h3-5,7-12H,6,13-16H2,1-2H3,(H,25,31)(H2,26,27,29,30). The van der Waals surface area contributed by atoms with Crippen LogP contribution in [0, 0.1) is 0 Å². The average molecular weight is 421 g/mol. The van der Waals surface area contributed by atoms with Gasteiger partial charge in [-0.25, -0.2) is 9.59 Å². The maximum absolute atomic E-state index is 12.8. The van der Waals surface area contributed by atoms with Crippen LogP contribution < -0.4 is 16.0 Å². The number of hydrogen-bond acceptors (Lipinski definition) is 3. The summed E-state index contributed by atoms with van der Waals surface area (Å²) in [5.41, 5.74) is 1.77. The van der Waals surface area contributed by atoms with Crippen LogP contribution in [0.3, 0.4) is 0 Å². The number of amides is 5. The van der Waals surface area contributed by atoms with Crippen molar-refractivity contribution >= 4 is 18.0 Å². The van der Waals surface area contributed by atoms with Crippen molar-refractivity contribution in [1.82, 2.24) is 20.9 Å². The van der Waals surface area contributed by atoms with Crippen LogP contribution in [-0.4, -0.2) is 36.0 Å². The molecule has 0 bridgehead atoms. The van der Waals surface area contributed by atoms with Gasteiger partial charge in [0.1, 0.15) is 5.54 Å². The largest absolute Gasteiger partial charge is 0.334 e. The molecule has 0 aromatic heterocycles. The number of nitrogens with one attached hydrogen (secondary N) is 3. The molecule has 7 heteroatoms. The first-order chi connectivity index (χ1) is 14.8. The van der Waals surface area contributed by atoms with E-state index in [0.29, 0.717) is 18.7 Å². The quantitative estimate of drug-likeness (QED) is 0.664. The predicted molar refractivity (Wildman–Crippen MR) is 117 cm³/mol. The summed E-state index contributed by atoms with van der Waals surface area (Å²) in [7, 11) is 0. The second kappa shape index (κ2) is 8.06. The number of benzene rings is 2. The van der Waals surface area contributed by atoms with Crippen molar-refractivity contribution in [2.24, 2.45) is 0 Å². The molecule has 7 nitrogen and oxygen atoms in total. The van der Waals surface area contributed by atoms with Gasteiger partial charge in [0, 0.05) is 25.0 Å². The van der Waals surface area contributed by atoms with Crippen molar-refractivity contribution in [3.63, 3.8) is 0 Å². The summed E-state index contributed by atoms with van der Waals surface area (Å²) in [4.78, 5) is 38.3. The first-order valence-electron chi connectivity index (χ1n) is 10.6. The van der Waals surface area contributed by atoms with Crippen LogP contribution in [0.4, 0.5) is 9.59 Å². The third-order valence-corrected chi connectivity index (χ3v) is 6.47. The number of hydrogen-bond donors (Lipinski definition) is 3. The van der Waals surface area contributed by atoms with Crippen molar-refractivity contribution in [3.8, 4) is 0 Å². The van der Waals surface area contributed by atoms with Gasteiger partial charge in [0.25, 0.3) is 5.91 Å². The summed E-state index contributed by atoms with van der Waals surface area (Å²) in [6, 6.07) is 17.2. The average Bonchev–Trinajstić information content (AvgIpc) is 3.05. The Balaban J connectivity index is 1.37. The van der Waals surface area contributed by atoms with Gasteiger partial charge in [0.05, 0.1) is 0 Å². The maximum Gasteiger partial charge on any atom is 0.322 e. The number of rotatable bonds is 4. The molecule has 5 amide bonds. The molecule has 2 aromatic carbocycles. The third kappa shape index (κ3) is 4.13. The number of carbonyl (C=O) groups excluding carboxylic acids is 3. The van der Waals surface area contributed by atoms with E-state index in [-0.39, 0.29) is 17.4 Å². The highest BCUT2D eigenvalue weighted by Gasteiger charge is 2.43. The molecular weight excluding hydrogens is 392 g/mol. The molecular formula is C24H28N4O3. The van der Waals surface area contributed by atoms with Gasteiger partial charge in [-0.1, -0.05) is 61.5 Å². The van der Waals surface area contributed by atoms with Crippen molar-refractivity contribution in [2.45, 2.75) is 44.2 Å². The molecule has 2 aromatic rings. The molecule has 2 atom stereocenters. The van der Waals surface area contributed by atoms with Gasteiger partial charge in [-0.15, -0.1) is 0 Å². The molecule has 2 saturated heterocycles. The van der Waals surface area contributed by atoms with Gasteiger partial charge in [0.15, 0.2) is 0 Å². The first-order valence-corrected chi connectivity index (χ1v) is 10.6. The minimum Gasteiger partial charge on any atom is -0.334 e. The molecule has 4 rings (SSSR count). The Morgan fingerprint density at radius 1 is 1.03 bits per heavy atom. The van der Waals surface area contributed by atoms with Gasteiger partial charge in [0.2, 0.25) is 0 Å². The first kappa shape index (κ1) is 20.9. The minimum atomic E-state index is -1.07. The molecule has 0 aliphatic carbocycles. The lowest BCUT2D eigenvalue weighted by Crippen LogP contribution is -2.50. The van der Waals surface area contributed by atoms with Crippen LogP contribution >= 0.6 is 0 Å². The molecule has 2 aliphatic rings. The zero-order chi connectivity index (χ0) is 22.1. The topological polar surface area (TPSA) is 90.5 Å². The van der Waals surface area contributed by atoms with E-state index in [0.717, 1.165) is 24.9 Å². The number of urea groups is 2. The van der Waals surface area contributed by atoms with Gasteiger partial charge in [-0.3, -0.25) is 10.1 Å². The summed E-state index contributed by atoms with van der Waals surface area (Å²) < 4.78 is 0. The number of piperidine rings is 1. The van der Waals surface area contributed by atoms with Gasteiger partial charge < -0.3 is 15.5 Å². The summed E-state index contributed by atoms with van der Waals surface area (Å²) in [5, 5.41) is 7.93. The van der Waals surface area contributed by atoms with E-state index in [1.807, 2.05) is 35.2 Å². The Morgan fingerprint density at radius 2 is 1.74 bits per heavy atom. The Bertz CT molecular complexity index is 992. The van der Waals surface area contributed by atoms with E-state index >= 15 is 0 Å². The minimum absolute atomic E-state index is 0.0414. The number of nitrogens with zero attached hydrogens (tertiary/aromatic N) is 1. The smallest absolute Gasteiger partial charge is 0.322 e. The second-order valence-corrected chi connectivity index (χ2v) is 8.84. The highest BCUT2D eigenvalue weighted by atomic mass is 16.2. The molecule has 0 saturated carbocycles. The molecule has 0 spiro atoms.